The van der Waals surface area contributed by atoms with Gasteiger partial charge in [0.1, 0.15) is 0 Å². The van der Waals surface area contributed by atoms with E-state index in [0.717, 1.165) is 7.11 Å². The van der Waals surface area contributed by atoms with Gasteiger partial charge in [-0.1, -0.05) is 28.1 Å². The summed E-state index contributed by atoms with van der Waals surface area (Å²) in [4.78, 5) is 22.9. The fourth-order valence-corrected chi connectivity index (χ4v) is 1.54. The van der Waals surface area contributed by atoms with Gasteiger partial charge in [0.05, 0.1) is 13.2 Å². The molecule has 0 aromatic heterocycles. The average molecular weight is 282 g/mol. The predicted octanol–water partition coefficient (Wildman–Crippen LogP) is 1.94. The summed E-state index contributed by atoms with van der Waals surface area (Å²) in [6.45, 7) is 0. The zero-order valence-corrected chi connectivity index (χ0v) is 10.0. The number of benzene rings is 1. The summed E-state index contributed by atoms with van der Waals surface area (Å²) in [6.07, 6.45) is 0. The first kappa shape index (κ1) is 12.4. The second-order valence-electron chi connectivity index (χ2n) is 2.96. The lowest BCUT2D eigenvalue weighted by Gasteiger charge is -2.05. The first-order valence-electron chi connectivity index (χ1n) is 4.37. The van der Waals surface area contributed by atoms with Crippen LogP contribution in [0.2, 0.25) is 0 Å². The van der Waals surface area contributed by atoms with E-state index in [1.807, 2.05) is 0 Å². The Labute approximate surface area is 101 Å². The topological polar surface area (TPSA) is 67.2 Å². The van der Waals surface area contributed by atoms with E-state index in [4.69, 9.17) is 5.26 Å². The van der Waals surface area contributed by atoms with E-state index in [0.29, 0.717) is 10.0 Å². The number of Topliss-reactive ketones (excluding diaryl/α,β-unsaturated/α-hetero) is 1. The largest absolute Gasteiger partial charge is 0.468 e. The molecule has 5 heteroatoms. The van der Waals surface area contributed by atoms with E-state index >= 15 is 0 Å². The Hall–Kier alpha value is -1.67. The van der Waals surface area contributed by atoms with Crippen molar-refractivity contribution in [3.8, 4) is 6.07 Å². The van der Waals surface area contributed by atoms with Crippen LogP contribution in [-0.4, -0.2) is 18.9 Å². The minimum Gasteiger partial charge on any atom is -0.468 e. The summed E-state index contributed by atoms with van der Waals surface area (Å²) in [5, 5.41) is 8.75. The first-order chi connectivity index (χ1) is 7.60. The lowest BCUT2D eigenvalue weighted by molar-refractivity contribution is -0.141. The minimum absolute atomic E-state index is 0.298. The molecule has 0 amide bonds. The molecule has 1 aromatic carbocycles. The molecule has 16 heavy (non-hydrogen) atoms. The van der Waals surface area contributed by atoms with Gasteiger partial charge in [0, 0.05) is 10.0 Å². The van der Waals surface area contributed by atoms with Gasteiger partial charge in [-0.25, -0.2) is 0 Å². The second kappa shape index (κ2) is 5.42. The molecule has 0 saturated heterocycles. The van der Waals surface area contributed by atoms with Crippen LogP contribution in [0.3, 0.4) is 0 Å². The van der Waals surface area contributed by atoms with Gasteiger partial charge in [0.2, 0.25) is 5.92 Å². The van der Waals surface area contributed by atoms with Crippen LogP contribution in [0.25, 0.3) is 0 Å². The zero-order valence-electron chi connectivity index (χ0n) is 8.44. The van der Waals surface area contributed by atoms with E-state index < -0.39 is 17.7 Å². The molecule has 0 fully saturated rings. The zero-order chi connectivity index (χ0) is 12.1. The molecule has 0 unspecified atom stereocenters. The number of carbonyl (C=O) groups is 2. The van der Waals surface area contributed by atoms with Crippen molar-refractivity contribution >= 4 is 27.7 Å². The van der Waals surface area contributed by atoms with Crippen LogP contribution in [0, 0.1) is 17.2 Å². The lowest BCUT2D eigenvalue weighted by Crippen LogP contribution is -2.23. The third-order valence-corrected chi connectivity index (χ3v) is 2.43. The van der Waals surface area contributed by atoms with Gasteiger partial charge >= 0.3 is 5.97 Å². The highest BCUT2D eigenvalue weighted by Crippen LogP contribution is 2.15. The molecular weight excluding hydrogens is 274 g/mol. The molecular formula is C11H8BrNO3. The number of hydrogen-bond acceptors (Lipinski definition) is 4. The van der Waals surface area contributed by atoms with E-state index in [-0.39, 0.29) is 0 Å². The standard InChI is InChI=1S/C11H8BrNO3/c1-16-11(15)9(6-13)10(14)7-3-2-4-8(12)5-7/h2-5,9H,1H3/t9-/m1/s1. The van der Waals surface area contributed by atoms with Gasteiger partial charge in [-0.05, 0) is 12.1 Å². The van der Waals surface area contributed by atoms with Crippen LogP contribution in [0.5, 0.6) is 0 Å². The highest BCUT2D eigenvalue weighted by molar-refractivity contribution is 9.10. The molecule has 82 valence electrons. The summed E-state index contributed by atoms with van der Waals surface area (Å²) in [5.41, 5.74) is 0.298. The molecule has 4 nitrogen and oxygen atoms in total. The number of hydrogen-bond donors (Lipinski definition) is 0. The van der Waals surface area contributed by atoms with Gasteiger partial charge in [0.15, 0.2) is 5.78 Å². The van der Waals surface area contributed by atoms with Crippen molar-refractivity contribution in [2.45, 2.75) is 0 Å². The van der Waals surface area contributed by atoms with Crippen molar-refractivity contribution in [1.82, 2.24) is 0 Å². The number of halogens is 1. The Morgan fingerprint density at radius 2 is 2.19 bits per heavy atom. The molecule has 0 heterocycles. The summed E-state index contributed by atoms with van der Waals surface area (Å²) < 4.78 is 5.09. The average Bonchev–Trinajstić information content (AvgIpc) is 2.29. The van der Waals surface area contributed by atoms with Crippen molar-refractivity contribution in [3.63, 3.8) is 0 Å². The normalized spacial score (nSPS) is 11.3. The van der Waals surface area contributed by atoms with Crippen molar-refractivity contribution in [2.75, 3.05) is 7.11 Å². The van der Waals surface area contributed by atoms with Gasteiger partial charge < -0.3 is 4.74 Å². The van der Waals surface area contributed by atoms with E-state index in [1.54, 1.807) is 30.3 Å². The van der Waals surface area contributed by atoms with Crippen LogP contribution >= 0.6 is 15.9 Å². The maximum atomic E-state index is 11.8. The monoisotopic (exact) mass is 281 g/mol. The number of rotatable bonds is 3. The predicted molar refractivity (Wildman–Crippen MR) is 59.6 cm³/mol. The number of carbonyl (C=O) groups excluding carboxylic acids is 2. The number of ketones is 1. The van der Waals surface area contributed by atoms with Gasteiger partial charge in [-0.3, -0.25) is 9.59 Å². The second-order valence-corrected chi connectivity index (χ2v) is 3.88. The lowest BCUT2D eigenvalue weighted by atomic mass is 9.99. The SMILES string of the molecule is COC(=O)[C@H](C#N)C(=O)c1cccc(Br)c1. The number of methoxy groups -OCH3 is 1. The maximum absolute atomic E-state index is 11.8. The summed E-state index contributed by atoms with van der Waals surface area (Å²) in [6, 6.07) is 8.13. The first-order valence-corrected chi connectivity index (χ1v) is 5.16. The quantitative estimate of drug-likeness (QED) is 0.482. The molecule has 1 rings (SSSR count). The molecule has 0 radical (unpaired) electrons. The smallest absolute Gasteiger partial charge is 0.331 e. The molecule has 0 aliphatic heterocycles. The van der Waals surface area contributed by atoms with Crippen molar-refractivity contribution < 1.29 is 14.3 Å². The number of esters is 1. The van der Waals surface area contributed by atoms with E-state index in [1.165, 1.54) is 0 Å². The third kappa shape index (κ3) is 2.67. The Morgan fingerprint density at radius 1 is 1.50 bits per heavy atom. The van der Waals surface area contributed by atoms with Gasteiger partial charge in [-0.15, -0.1) is 0 Å². The Bertz CT molecular complexity index is 465. The molecule has 0 saturated carbocycles. The van der Waals surface area contributed by atoms with Crippen molar-refractivity contribution in [3.05, 3.63) is 34.3 Å². The number of ether oxygens (including phenoxy) is 1. The Morgan fingerprint density at radius 3 is 2.69 bits per heavy atom. The van der Waals surface area contributed by atoms with E-state index in [2.05, 4.69) is 20.7 Å². The number of nitrogens with zero attached hydrogens (tertiary/aromatic N) is 1. The van der Waals surface area contributed by atoms with Crippen LogP contribution in [0.1, 0.15) is 10.4 Å². The Balaban J connectivity index is 3.02. The minimum atomic E-state index is -1.40. The highest BCUT2D eigenvalue weighted by Gasteiger charge is 2.28. The van der Waals surface area contributed by atoms with Crippen molar-refractivity contribution in [1.29, 1.82) is 5.26 Å². The van der Waals surface area contributed by atoms with Gasteiger partial charge in [0.25, 0.3) is 0 Å². The molecule has 0 spiro atoms. The van der Waals surface area contributed by atoms with Crippen LogP contribution < -0.4 is 0 Å². The summed E-state index contributed by atoms with van der Waals surface area (Å²) in [5.74, 6) is -2.80. The third-order valence-electron chi connectivity index (χ3n) is 1.94. The molecule has 0 aliphatic carbocycles. The molecule has 0 bridgehead atoms. The van der Waals surface area contributed by atoms with Crippen LogP contribution in [0.4, 0.5) is 0 Å². The number of nitriles is 1. The summed E-state index contributed by atoms with van der Waals surface area (Å²) >= 11 is 3.20. The van der Waals surface area contributed by atoms with Crippen molar-refractivity contribution in [2.24, 2.45) is 5.92 Å². The van der Waals surface area contributed by atoms with Gasteiger partial charge in [-0.2, -0.15) is 5.26 Å². The Kier molecular flexibility index (Phi) is 4.20. The van der Waals surface area contributed by atoms with Crippen LogP contribution in [-0.2, 0) is 9.53 Å². The fourth-order valence-electron chi connectivity index (χ4n) is 1.14. The molecule has 0 N–H and O–H groups in total. The molecule has 0 aliphatic rings. The fraction of sp³-hybridized carbons (Fsp3) is 0.182. The summed E-state index contributed by atoms with van der Waals surface area (Å²) in [7, 11) is 1.14. The van der Waals surface area contributed by atoms with E-state index in [9.17, 15) is 9.59 Å². The van der Waals surface area contributed by atoms with Crippen LogP contribution in [0.15, 0.2) is 28.7 Å². The maximum Gasteiger partial charge on any atom is 0.331 e. The highest BCUT2D eigenvalue weighted by atomic mass is 79.9. The molecule has 1 atom stereocenters. The molecule has 1 aromatic rings.